The third kappa shape index (κ3) is 1.42. The maximum absolute atomic E-state index is 5.65. The number of para-hydroxylation sites is 1. The average molecular weight is 234 g/mol. The molecular weight excluding hydrogens is 224 g/mol. The summed E-state index contributed by atoms with van der Waals surface area (Å²) in [5.74, 6) is 0. The molecule has 1 aromatic carbocycles. The molecule has 3 rings (SSSR count). The second-order valence-corrected chi connectivity index (χ2v) is 5.65. The van der Waals surface area contributed by atoms with Gasteiger partial charge < -0.3 is 4.42 Å². The van der Waals surface area contributed by atoms with Gasteiger partial charge in [-0.2, -0.15) is 0 Å². The molecule has 0 saturated heterocycles. The van der Waals surface area contributed by atoms with Crippen molar-refractivity contribution in [1.29, 1.82) is 0 Å². The van der Waals surface area contributed by atoms with Gasteiger partial charge in [0.15, 0.2) is 4.71 Å². The number of hydrogen-bond donors (Lipinski definition) is 0. The van der Waals surface area contributed by atoms with E-state index in [9.17, 15) is 0 Å². The molecule has 0 N–H and O–H groups in total. The summed E-state index contributed by atoms with van der Waals surface area (Å²) in [7, 11) is 0. The lowest BCUT2D eigenvalue weighted by Crippen LogP contribution is -1.91. The summed E-state index contributed by atoms with van der Waals surface area (Å²) < 4.78 is 6.32. The van der Waals surface area contributed by atoms with Crippen LogP contribution in [0.3, 0.4) is 0 Å². The lowest BCUT2D eigenvalue weighted by molar-refractivity contribution is 0.573. The maximum Gasteiger partial charge on any atom is 0.195 e. The van der Waals surface area contributed by atoms with Crippen molar-refractivity contribution in [2.45, 2.75) is 23.5 Å². The van der Waals surface area contributed by atoms with Crippen LogP contribution in [0.2, 0.25) is 0 Å². The van der Waals surface area contributed by atoms with Gasteiger partial charge in [0, 0.05) is 21.1 Å². The van der Waals surface area contributed by atoms with E-state index < -0.39 is 0 Å². The van der Waals surface area contributed by atoms with Crippen LogP contribution in [-0.4, -0.2) is 5.25 Å². The van der Waals surface area contributed by atoms with Gasteiger partial charge in [0.05, 0.1) is 0 Å². The fourth-order valence-electron chi connectivity index (χ4n) is 2.00. The molecule has 1 nitrogen and oxygen atoms in total. The summed E-state index contributed by atoms with van der Waals surface area (Å²) >= 11 is 7.19. The third-order valence-electron chi connectivity index (χ3n) is 2.67. The highest BCUT2D eigenvalue weighted by Gasteiger charge is 2.23. The summed E-state index contributed by atoms with van der Waals surface area (Å²) in [6, 6.07) is 8.12. The largest absolute Gasteiger partial charge is 0.445 e. The van der Waals surface area contributed by atoms with Crippen LogP contribution in [0.15, 0.2) is 33.6 Å². The zero-order valence-corrected chi connectivity index (χ0v) is 9.95. The molecule has 2 heterocycles. The van der Waals surface area contributed by atoms with Crippen molar-refractivity contribution in [3.8, 4) is 0 Å². The minimum Gasteiger partial charge on any atom is -0.445 e. The van der Waals surface area contributed by atoms with Crippen LogP contribution in [0, 0.1) is 4.71 Å². The van der Waals surface area contributed by atoms with Crippen LogP contribution in [0.25, 0.3) is 11.0 Å². The monoisotopic (exact) mass is 234 g/mol. The first-order chi connectivity index (χ1) is 7.25. The minimum absolute atomic E-state index is 0.614. The number of thioether (sulfide) groups is 1. The standard InChI is InChI=1S/C12H10OS2/c1-7-6-9-11(15-7)8-4-2-3-5-10(8)13-12(9)14/h2-5,7H,6H2,1H3/t7-/m1/s1. The SMILES string of the molecule is C[C@@H]1Cc2c(c3ccccc3oc2=S)S1. The Kier molecular flexibility index (Phi) is 2.11. The van der Waals surface area contributed by atoms with Crippen molar-refractivity contribution in [2.24, 2.45) is 0 Å². The Balaban J connectivity index is 2.43. The summed E-state index contributed by atoms with van der Waals surface area (Å²) in [6.07, 6.45) is 1.03. The van der Waals surface area contributed by atoms with Gasteiger partial charge in [0.2, 0.25) is 0 Å². The van der Waals surface area contributed by atoms with Crippen LogP contribution in [-0.2, 0) is 6.42 Å². The predicted molar refractivity (Wildman–Crippen MR) is 66.1 cm³/mol. The first-order valence-electron chi connectivity index (χ1n) is 4.97. The number of hydrogen-bond acceptors (Lipinski definition) is 3. The summed E-state index contributed by atoms with van der Waals surface area (Å²) in [5.41, 5.74) is 2.13. The molecule has 1 aliphatic rings. The van der Waals surface area contributed by atoms with Crippen LogP contribution in [0.5, 0.6) is 0 Å². The van der Waals surface area contributed by atoms with Gasteiger partial charge in [-0.25, -0.2) is 0 Å². The second-order valence-electron chi connectivity index (χ2n) is 3.83. The van der Waals surface area contributed by atoms with Crippen molar-refractivity contribution >= 4 is 34.9 Å². The average Bonchev–Trinajstić information content (AvgIpc) is 2.61. The van der Waals surface area contributed by atoms with E-state index in [1.807, 2.05) is 30.0 Å². The summed E-state index contributed by atoms with van der Waals surface area (Å²) in [6.45, 7) is 2.23. The Morgan fingerprint density at radius 2 is 2.20 bits per heavy atom. The molecule has 0 radical (unpaired) electrons. The van der Waals surface area contributed by atoms with E-state index in [0.717, 1.165) is 12.0 Å². The van der Waals surface area contributed by atoms with Gasteiger partial charge in [0.1, 0.15) is 5.58 Å². The fraction of sp³-hybridized carbons (Fsp3) is 0.250. The van der Waals surface area contributed by atoms with Crippen LogP contribution in [0.1, 0.15) is 12.5 Å². The smallest absolute Gasteiger partial charge is 0.195 e. The Morgan fingerprint density at radius 3 is 3.07 bits per heavy atom. The normalized spacial score (nSPS) is 19.4. The van der Waals surface area contributed by atoms with Crippen molar-refractivity contribution < 1.29 is 4.42 Å². The highest BCUT2D eigenvalue weighted by atomic mass is 32.2. The van der Waals surface area contributed by atoms with Crippen molar-refractivity contribution in [2.75, 3.05) is 0 Å². The molecule has 0 saturated carbocycles. The van der Waals surface area contributed by atoms with E-state index in [-0.39, 0.29) is 0 Å². The third-order valence-corrected chi connectivity index (χ3v) is 4.27. The van der Waals surface area contributed by atoms with Gasteiger partial charge >= 0.3 is 0 Å². The zero-order chi connectivity index (χ0) is 10.4. The van der Waals surface area contributed by atoms with Crippen LogP contribution >= 0.6 is 24.0 Å². The van der Waals surface area contributed by atoms with E-state index in [2.05, 4.69) is 13.0 Å². The van der Waals surface area contributed by atoms with Crippen molar-refractivity contribution in [3.63, 3.8) is 0 Å². The van der Waals surface area contributed by atoms with Crippen LogP contribution in [0.4, 0.5) is 0 Å². The summed E-state index contributed by atoms with van der Waals surface area (Å²) in [4.78, 5) is 1.33. The predicted octanol–water partition coefficient (Wildman–Crippen LogP) is 4.20. The molecule has 1 aromatic heterocycles. The Morgan fingerprint density at radius 1 is 1.40 bits per heavy atom. The molecule has 0 amide bonds. The molecule has 1 aliphatic heterocycles. The number of rotatable bonds is 0. The molecule has 1 atom stereocenters. The molecule has 0 bridgehead atoms. The zero-order valence-electron chi connectivity index (χ0n) is 8.32. The van der Waals surface area contributed by atoms with Crippen LogP contribution < -0.4 is 0 Å². The van der Waals surface area contributed by atoms with E-state index in [1.54, 1.807) is 0 Å². The minimum atomic E-state index is 0.614. The molecule has 0 aliphatic carbocycles. The molecule has 76 valence electrons. The highest BCUT2D eigenvalue weighted by Crippen LogP contribution is 2.42. The lowest BCUT2D eigenvalue weighted by Gasteiger charge is -2.03. The second kappa shape index (κ2) is 3.35. The van der Waals surface area contributed by atoms with Gasteiger partial charge in [-0.15, -0.1) is 11.8 Å². The highest BCUT2D eigenvalue weighted by molar-refractivity contribution is 8.00. The van der Waals surface area contributed by atoms with Gasteiger partial charge in [0.25, 0.3) is 0 Å². The fourth-order valence-corrected chi connectivity index (χ4v) is 3.61. The van der Waals surface area contributed by atoms with Gasteiger partial charge in [-0.05, 0) is 24.7 Å². The van der Waals surface area contributed by atoms with E-state index in [4.69, 9.17) is 16.6 Å². The Hall–Kier alpha value is -0.800. The molecule has 3 heteroatoms. The van der Waals surface area contributed by atoms with Gasteiger partial charge in [-0.3, -0.25) is 0 Å². The lowest BCUT2D eigenvalue weighted by atomic mass is 10.1. The number of fused-ring (bicyclic) bond motifs is 3. The number of benzene rings is 1. The molecule has 15 heavy (non-hydrogen) atoms. The molecule has 2 aromatic rings. The van der Waals surface area contributed by atoms with Crippen molar-refractivity contribution in [3.05, 3.63) is 34.5 Å². The first kappa shape index (κ1) is 9.43. The van der Waals surface area contributed by atoms with E-state index in [1.165, 1.54) is 15.8 Å². The quantitative estimate of drug-likeness (QED) is 0.634. The first-order valence-corrected chi connectivity index (χ1v) is 6.26. The van der Waals surface area contributed by atoms with Crippen molar-refractivity contribution in [1.82, 2.24) is 0 Å². The molecule has 0 fully saturated rings. The Labute approximate surface area is 97.5 Å². The maximum atomic E-state index is 5.65. The van der Waals surface area contributed by atoms with E-state index >= 15 is 0 Å². The molecule has 0 spiro atoms. The van der Waals surface area contributed by atoms with E-state index in [0.29, 0.717) is 9.96 Å². The topological polar surface area (TPSA) is 13.1 Å². The van der Waals surface area contributed by atoms with Gasteiger partial charge in [-0.1, -0.05) is 25.1 Å². The summed E-state index contributed by atoms with van der Waals surface area (Å²) in [5, 5.41) is 1.82. The Bertz CT molecular complexity index is 586. The molecular formula is C12H10OS2. The molecule has 0 unspecified atom stereocenters.